The molecule has 3 nitrogen and oxygen atoms in total. The zero-order chi connectivity index (χ0) is 10.4. The Morgan fingerprint density at radius 2 is 2.43 bits per heavy atom. The lowest BCUT2D eigenvalue weighted by Gasteiger charge is -1.92. The van der Waals surface area contributed by atoms with Gasteiger partial charge in [-0.05, 0) is 19.4 Å². The van der Waals surface area contributed by atoms with E-state index in [-0.39, 0.29) is 5.97 Å². The SMILES string of the molecule is CCO[C@@H]1C[C@H]1C#C/C=C/C(=O)OC. The lowest BCUT2D eigenvalue weighted by molar-refractivity contribution is -0.134. The minimum Gasteiger partial charge on any atom is -0.466 e. The van der Waals surface area contributed by atoms with Crippen LogP contribution in [-0.4, -0.2) is 25.8 Å². The molecule has 0 unspecified atom stereocenters. The molecule has 2 atom stereocenters. The highest BCUT2D eigenvalue weighted by atomic mass is 16.5. The van der Waals surface area contributed by atoms with Crippen molar-refractivity contribution in [3.8, 4) is 11.8 Å². The van der Waals surface area contributed by atoms with Crippen molar-refractivity contribution in [2.24, 2.45) is 5.92 Å². The molecule has 1 rings (SSSR count). The van der Waals surface area contributed by atoms with Gasteiger partial charge in [0.05, 0.1) is 13.2 Å². The van der Waals surface area contributed by atoms with Gasteiger partial charge in [0.15, 0.2) is 0 Å². The Kier molecular flexibility index (Phi) is 4.21. The van der Waals surface area contributed by atoms with E-state index in [0.717, 1.165) is 13.0 Å². The van der Waals surface area contributed by atoms with Crippen LogP contribution in [0.4, 0.5) is 0 Å². The quantitative estimate of drug-likeness (QED) is 0.384. The Morgan fingerprint density at radius 1 is 1.64 bits per heavy atom. The smallest absolute Gasteiger partial charge is 0.331 e. The molecule has 1 aliphatic carbocycles. The second kappa shape index (κ2) is 5.46. The molecule has 0 saturated heterocycles. The molecule has 1 aliphatic rings. The van der Waals surface area contributed by atoms with Crippen molar-refractivity contribution in [3.63, 3.8) is 0 Å². The second-order valence-electron chi connectivity index (χ2n) is 2.98. The molecular formula is C11H14O3. The van der Waals surface area contributed by atoms with Crippen molar-refractivity contribution >= 4 is 5.97 Å². The van der Waals surface area contributed by atoms with Crippen molar-refractivity contribution in [2.45, 2.75) is 19.4 Å². The summed E-state index contributed by atoms with van der Waals surface area (Å²) < 4.78 is 9.76. The van der Waals surface area contributed by atoms with Crippen LogP contribution in [-0.2, 0) is 14.3 Å². The third-order valence-corrected chi connectivity index (χ3v) is 1.89. The number of hydrogen-bond donors (Lipinski definition) is 0. The fraction of sp³-hybridized carbons (Fsp3) is 0.545. The predicted molar refractivity (Wildman–Crippen MR) is 52.5 cm³/mol. The largest absolute Gasteiger partial charge is 0.466 e. The molecule has 14 heavy (non-hydrogen) atoms. The van der Waals surface area contributed by atoms with Gasteiger partial charge >= 0.3 is 5.97 Å². The van der Waals surface area contributed by atoms with Gasteiger partial charge in [0.1, 0.15) is 0 Å². The number of ether oxygens (including phenoxy) is 2. The van der Waals surface area contributed by atoms with Crippen LogP contribution < -0.4 is 0 Å². The highest BCUT2D eigenvalue weighted by molar-refractivity contribution is 5.82. The maximum absolute atomic E-state index is 10.6. The molecule has 76 valence electrons. The molecule has 0 aromatic carbocycles. The highest BCUT2D eigenvalue weighted by Crippen LogP contribution is 2.32. The van der Waals surface area contributed by atoms with Gasteiger partial charge in [0, 0.05) is 18.6 Å². The van der Waals surface area contributed by atoms with E-state index in [4.69, 9.17) is 4.74 Å². The van der Waals surface area contributed by atoms with Crippen LogP contribution in [0.25, 0.3) is 0 Å². The number of esters is 1. The lowest BCUT2D eigenvalue weighted by atomic mass is 10.4. The summed E-state index contributed by atoms with van der Waals surface area (Å²) in [6, 6.07) is 0. The Morgan fingerprint density at radius 3 is 3.07 bits per heavy atom. The van der Waals surface area contributed by atoms with Crippen LogP contribution >= 0.6 is 0 Å². The minimum atomic E-state index is -0.378. The van der Waals surface area contributed by atoms with E-state index < -0.39 is 0 Å². The van der Waals surface area contributed by atoms with Gasteiger partial charge in [-0.15, -0.1) is 0 Å². The van der Waals surface area contributed by atoms with Crippen LogP contribution in [0.2, 0.25) is 0 Å². The zero-order valence-corrected chi connectivity index (χ0v) is 8.45. The Hall–Kier alpha value is -1.27. The average molecular weight is 194 g/mol. The van der Waals surface area contributed by atoms with Gasteiger partial charge in [-0.25, -0.2) is 4.79 Å². The average Bonchev–Trinajstić information content (AvgIpc) is 2.92. The van der Waals surface area contributed by atoms with E-state index in [1.54, 1.807) is 0 Å². The molecule has 3 heteroatoms. The Bertz CT molecular complexity index is 283. The van der Waals surface area contributed by atoms with Gasteiger partial charge in [-0.2, -0.15) is 0 Å². The zero-order valence-electron chi connectivity index (χ0n) is 8.45. The van der Waals surface area contributed by atoms with Gasteiger partial charge < -0.3 is 9.47 Å². The van der Waals surface area contributed by atoms with Gasteiger partial charge in [-0.1, -0.05) is 11.8 Å². The fourth-order valence-corrected chi connectivity index (χ4v) is 1.05. The molecular weight excluding hydrogens is 180 g/mol. The molecule has 0 aliphatic heterocycles. The van der Waals surface area contributed by atoms with Crippen LogP contribution in [0, 0.1) is 17.8 Å². The summed E-state index contributed by atoms with van der Waals surface area (Å²) in [7, 11) is 1.34. The summed E-state index contributed by atoms with van der Waals surface area (Å²) in [5.41, 5.74) is 0. The van der Waals surface area contributed by atoms with Gasteiger partial charge in [0.2, 0.25) is 0 Å². The maximum atomic E-state index is 10.6. The summed E-state index contributed by atoms with van der Waals surface area (Å²) in [6.07, 6.45) is 4.13. The van der Waals surface area contributed by atoms with Gasteiger partial charge in [0.25, 0.3) is 0 Å². The number of rotatable bonds is 3. The normalized spacial score (nSPS) is 24.1. The molecule has 0 amide bonds. The first-order chi connectivity index (χ1) is 6.77. The van der Waals surface area contributed by atoms with Crippen molar-refractivity contribution in [1.29, 1.82) is 0 Å². The molecule has 0 aromatic rings. The van der Waals surface area contributed by atoms with Crippen molar-refractivity contribution in [2.75, 3.05) is 13.7 Å². The van der Waals surface area contributed by atoms with Crippen LogP contribution in [0.15, 0.2) is 12.2 Å². The number of allylic oxidation sites excluding steroid dienone is 1. The van der Waals surface area contributed by atoms with E-state index in [0.29, 0.717) is 12.0 Å². The summed E-state index contributed by atoms with van der Waals surface area (Å²) in [5.74, 6) is 5.76. The molecule has 0 N–H and O–H groups in total. The molecule has 0 aromatic heterocycles. The number of hydrogen-bond acceptors (Lipinski definition) is 3. The molecule has 0 heterocycles. The first kappa shape index (κ1) is 10.8. The van der Waals surface area contributed by atoms with E-state index in [1.807, 2.05) is 6.92 Å². The second-order valence-corrected chi connectivity index (χ2v) is 2.98. The summed E-state index contributed by atoms with van der Waals surface area (Å²) in [6.45, 7) is 2.71. The Balaban J connectivity index is 2.22. The van der Waals surface area contributed by atoms with Crippen LogP contribution in [0.1, 0.15) is 13.3 Å². The third-order valence-electron chi connectivity index (χ3n) is 1.89. The van der Waals surface area contributed by atoms with Crippen LogP contribution in [0.3, 0.4) is 0 Å². The van der Waals surface area contributed by atoms with E-state index in [9.17, 15) is 4.79 Å². The monoisotopic (exact) mass is 194 g/mol. The predicted octanol–water partition coefficient (Wildman–Crippen LogP) is 1.14. The number of carbonyl (C=O) groups is 1. The summed E-state index contributed by atoms with van der Waals surface area (Å²) in [4.78, 5) is 10.6. The lowest BCUT2D eigenvalue weighted by Crippen LogP contribution is -1.94. The molecule has 1 saturated carbocycles. The fourth-order valence-electron chi connectivity index (χ4n) is 1.05. The first-order valence-corrected chi connectivity index (χ1v) is 4.65. The Labute approximate surface area is 84.1 Å². The number of methoxy groups -OCH3 is 1. The van der Waals surface area contributed by atoms with E-state index >= 15 is 0 Å². The van der Waals surface area contributed by atoms with Crippen molar-refractivity contribution < 1.29 is 14.3 Å². The van der Waals surface area contributed by atoms with E-state index in [2.05, 4.69) is 16.6 Å². The van der Waals surface area contributed by atoms with Gasteiger partial charge in [-0.3, -0.25) is 0 Å². The molecule has 1 fully saturated rings. The van der Waals surface area contributed by atoms with Crippen LogP contribution in [0.5, 0.6) is 0 Å². The van der Waals surface area contributed by atoms with E-state index in [1.165, 1.54) is 19.3 Å². The minimum absolute atomic E-state index is 0.305. The standard InChI is InChI=1S/C11H14O3/c1-3-14-10-8-9(10)6-4-5-7-11(12)13-2/h5,7,9-10H,3,8H2,1-2H3/b7-5+/t9-,10-/m1/s1. The summed E-state index contributed by atoms with van der Waals surface area (Å²) in [5, 5.41) is 0. The molecule has 0 bridgehead atoms. The molecule has 0 radical (unpaired) electrons. The topological polar surface area (TPSA) is 35.5 Å². The summed E-state index contributed by atoms with van der Waals surface area (Å²) >= 11 is 0. The highest BCUT2D eigenvalue weighted by Gasteiger charge is 2.36. The maximum Gasteiger partial charge on any atom is 0.331 e. The van der Waals surface area contributed by atoms with Crippen molar-refractivity contribution in [3.05, 3.63) is 12.2 Å². The first-order valence-electron chi connectivity index (χ1n) is 4.65. The molecule has 0 spiro atoms. The number of carbonyl (C=O) groups excluding carboxylic acids is 1. The third kappa shape index (κ3) is 3.63. The van der Waals surface area contributed by atoms with Crippen molar-refractivity contribution in [1.82, 2.24) is 0 Å².